The standard InChI is InChI=1S/C14H11F4NO2S/c15-11-2-1-8(5-10(11)14(16,17)18)13(21)19-6-12(20)9-3-4-22-7-9/h1-5,7,12,20H,6H2,(H,19,21). The number of carbonyl (C=O) groups excluding carboxylic acids is 1. The van der Waals surface area contributed by atoms with Gasteiger partial charge in [0.2, 0.25) is 0 Å². The second-order valence-electron chi connectivity index (χ2n) is 4.47. The minimum absolute atomic E-state index is 0.158. The summed E-state index contributed by atoms with van der Waals surface area (Å²) in [7, 11) is 0. The van der Waals surface area contributed by atoms with E-state index in [0.717, 1.165) is 6.07 Å². The highest BCUT2D eigenvalue weighted by Gasteiger charge is 2.34. The van der Waals surface area contributed by atoms with E-state index >= 15 is 0 Å². The first-order chi connectivity index (χ1) is 10.3. The van der Waals surface area contributed by atoms with E-state index in [1.54, 1.807) is 16.8 Å². The number of carbonyl (C=O) groups is 1. The molecule has 2 aromatic rings. The molecule has 0 aliphatic carbocycles. The Kier molecular flexibility index (Phi) is 4.82. The maximum atomic E-state index is 13.1. The molecule has 0 spiro atoms. The van der Waals surface area contributed by atoms with Gasteiger partial charge in [-0.25, -0.2) is 4.39 Å². The van der Waals surface area contributed by atoms with Crippen LogP contribution in [0, 0.1) is 5.82 Å². The van der Waals surface area contributed by atoms with E-state index in [2.05, 4.69) is 5.32 Å². The van der Waals surface area contributed by atoms with E-state index in [1.165, 1.54) is 11.3 Å². The Balaban J connectivity index is 2.07. The van der Waals surface area contributed by atoms with E-state index in [-0.39, 0.29) is 12.1 Å². The van der Waals surface area contributed by atoms with Crippen molar-refractivity contribution in [3.8, 4) is 0 Å². The molecule has 0 saturated carbocycles. The number of benzene rings is 1. The summed E-state index contributed by atoms with van der Waals surface area (Å²) in [5, 5.41) is 15.5. The van der Waals surface area contributed by atoms with E-state index < -0.39 is 29.6 Å². The number of amides is 1. The summed E-state index contributed by atoms with van der Waals surface area (Å²) in [5.74, 6) is -2.26. The lowest BCUT2D eigenvalue weighted by atomic mass is 10.1. The topological polar surface area (TPSA) is 49.3 Å². The summed E-state index contributed by atoms with van der Waals surface area (Å²) in [6.07, 6.45) is -5.84. The molecule has 3 nitrogen and oxygen atoms in total. The van der Waals surface area contributed by atoms with Gasteiger partial charge in [-0.1, -0.05) is 0 Å². The van der Waals surface area contributed by atoms with E-state index in [1.807, 2.05) is 0 Å². The number of thiophene rings is 1. The van der Waals surface area contributed by atoms with Crippen LogP contribution in [0.3, 0.4) is 0 Å². The molecule has 0 aliphatic heterocycles. The van der Waals surface area contributed by atoms with Crippen LogP contribution in [-0.2, 0) is 6.18 Å². The minimum atomic E-state index is -4.88. The summed E-state index contributed by atoms with van der Waals surface area (Å²) in [5.41, 5.74) is -1.23. The predicted molar refractivity (Wildman–Crippen MR) is 73.0 cm³/mol. The van der Waals surface area contributed by atoms with Crippen LogP contribution in [0.4, 0.5) is 17.6 Å². The quantitative estimate of drug-likeness (QED) is 0.843. The van der Waals surface area contributed by atoms with Gasteiger partial charge >= 0.3 is 6.18 Å². The zero-order chi connectivity index (χ0) is 16.3. The van der Waals surface area contributed by atoms with Gasteiger partial charge in [0, 0.05) is 12.1 Å². The SMILES string of the molecule is O=C(NCC(O)c1ccsc1)c1ccc(F)c(C(F)(F)F)c1. The van der Waals surface area contributed by atoms with Gasteiger partial charge in [0.25, 0.3) is 5.91 Å². The van der Waals surface area contributed by atoms with Gasteiger partial charge in [-0.2, -0.15) is 24.5 Å². The van der Waals surface area contributed by atoms with Gasteiger partial charge < -0.3 is 10.4 Å². The summed E-state index contributed by atoms with van der Waals surface area (Å²) >= 11 is 1.37. The van der Waals surface area contributed by atoms with E-state index in [0.29, 0.717) is 17.7 Å². The first-order valence-corrected chi connectivity index (χ1v) is 7.08. The molecule has 0 bridgehead atoms. The van der Waals surface area contributed by atoms with Crippen LogP contribution in [0.5, 0.6) is 0 Å². The Labute approximate surface area is 127 Å². The summed E-state index contributed by atoms with van der Waals surface area (Å²) in [6, 6.07) is 3.66. The lowest BCUT2D eigenvalue weighted by Gasteiger charge is -2.12. The second kappa shape index (κ2) is 6.45. The first-order valence-electron chi connectivity index (χ1n) is 6.14. The van der Waals surface area contributed by atoms with Crippen LogP contribution in [0.2, 0.25) is 0 Å². The fourth-order valence-electron chi connectivity index (χ4n) is 1.76. The third kappa shape index (κ3) is 3.83. The van der Waals surface area contributed by atoms with Crippen LogP contribution < -0.4 is 5.32 Å². The van der Waals surface area contributed by atoms with Crippen LogP contribution in [0.25, 0.3) is 0 Å². The number of halogens is 4. The minimum Gasteiger partial charge on any atom is -0.387 e. The van der Waals surface area contributed by atoms with Crippen molar-refractivity contribution in [1.29, 1.82) is 0 Å². The average molecular weight is 333 g/mol. The molecule has 1 heterocycles. The monoisotopic (exact) mass is 333 g/mol. The van der Waals surface area contributed by atoms with E-state index in [4.69, 9.17) is 0 Å². The number of hydrogen-bond donors (Lipinski definition) is 2. The zero-order valence-electron chi connectivity index (χ0n) is 11.0. The summed E-state index contributed by atoms with van der Waals surface area (Å²) in [6.45, 7) is -0.158. The molecule has 0 aliphatic rings. The van der Waals surface area contributed by atoms with Crippen LogP contribution in [0.15, 0.2) is 35.0 Å². The van der Waals surface area contributed by atoms with Gasteiger partial charge in [-0.3, -0.25) is 4.79 Å². The van der Waals surface area contributed by atoms with Crippen molar-refractivity contribution >= 4 is 17.2 Å². The molecule has 1 amide bonds. The highest BCUT2D eigenvalue weighted by molar-refractivity contribution is 7.07. The van der Waals surface area contributed by atoms with Gasteiger partial charge in [-0.05, 0) is 40.6 Å². The lowest BCUT2D eigenvalue weighted by Crippen LogP contribution is -2.28. The highest BCUT2D eigenvalue weighted by atomic mass is 32.1. The van der Waals surface area contributed by atoms with Crippen molar-refractivity contribution in [2.45, 2.75) is 12.3 Å². The molecule has 1 atom stereocenters. The Morgan fingerprint density at radius 2 is 2.05 bits per heavy atom. The first kappa shape index (κ1) is 16.4. The van der Waals surface area contributed by atoms with Crippen molar-refractivity contribution in [3.63, 3.8) is 0 Å². The fraction of sp³-hybridized carbons (Fsp3) is 0.214. The van der Waals surface area contributed by atoms with Gasteiger partial charge in [0.15, 0.2) is 0 Å². The van der Waals surface area contributed by atoms with Crippen molar-refractivity contribution < 1.29 is 27.5 Å². The maximum Gasteiger partial charge on any atom is 0.419 e. The number of hydrogen-bond acceptors (Lipinski definition) is 3. The normalized spacial score (nSPS) is 13.0. The fourth-order valence-corrected chi connectivity index (χ4v) is 2.46. The Morgan fingerprint density at radius 1 is 1.32 bits per heavy atom. The molecule has 2 N–H and O–H groups in total. The highest BCUT2D eigenvalue weighted by Crippen LogP contribution is 2.31. The van der Waals surface area contributed by atoms with Crippen LogP contribution in [-0.4, -0.2) is 17.6 Å². The third-order valence-electron chi connectivity index (χ3n) is 2.92. The molecule has 0 fully saturated rings. The number of rotatable bonds is 4. The van der Waals surface area contributed by atoms with Crippen molar-refractivity contribution in [1.82, 2.24) is 5.32 Å². The van der Waals surface area contributed by atoms with Gasteiger partial charge in [0.1, 0.15) is 5.82 Å². The number of alkyl halides is 3. The third-order valence-corrected chi connectivity index (χ3v) is 3.62. The molecule has 0 saturated heterocycles. The predicted octanol–water partition coefficient (Wildman–Crippen LogP) is 3.37. The zero-order valence-corrected chi connectivity index (χ0v) is 11.8. The molecule has 22 heavy (non-hydrogen) atoms. The molecule has 1 unspecified atom stereocenters. The van der Waals surface area contributed by atoms with Crippen LogP contribution >= 0.6 is 11.3 Å². The Hall–Kier alpha value is -1.93. The van der Waals surface area contributed by atoms with Crippen molar-refractivity contribution in [2.24, 2.45) is 0 Å². The maximum absolute atomic E-state index is 13.1. The molecule has 0 radical (unpaired) electrons. The number of nitrogens with one attached hydrogen (secondary N) is 1. The average Bonchev–Trinajstić information content (AvgIpc) is 2.97. The molecule has 2 rings (SSSR count). The summed E-state index contributed by atoms with van der Waals surface area (Å²) < 4.78 is 50.9. The molecule has 1 aromatic carbocycles. The lowest BCUT2D eigenvalue weighted by molar-refractivity contribution is -0.140. The van der Waals surface area contributed by atoms with E-state index in [9.17, 15) is 27.5 Å². The molecule has 118 valence electrons. The second-order valence-corrected chi connectivity index (χ2v) is 5.25. The number of aliphatic hydroxyl groups is 1. The molecule has 8 heteroatoms. The molecular weight excluding hydrogens is 322 g/mol. The smallest absolute Gasteiger partial charge is 0.387 e. The molecule has 1 aromatic heterocycles. The van der Waals surface area contributed by atoms with Crippen molar-refractivity contribution in [2.75, 3.05) is 6.54 Å². The Morgan fingerprint density at radius 3 is 2.64 bits per heavy atom. The van der Waals surface area contributed by atoms with Crippen LogP contribution in [0.1, 0.15) is 27.6 Å². The van der Waals surface area contributed by atoms with Gasteiger partial charge in [0.05, 0.1) is 11.7 Å². The van der Waals surface area contributed by atoms with Crippen molar-refractivity contribution in [3.05, 3.63) is 57.5 Å². The largest absolute Gasteiger partial charge is 0.419 e. The number of aliphatic hydroxyl groups excluding tert-OH is 1. The summed E-state index contributed by atoms with van der Waals surface area (Å²) in [4.78, 5) is 11.8. The van der Waals surface area contributed by atoms with Gasteiger partial charge in [-0.15, -0.1) is 0 Å². The Bertz CT molecular complexity index is 655. The molecular formula is C14H11F4NO2S.